The van der Waals surface area contributed by atoms with Crippen molar-refractivity contribution in [3.63, 3.8) is 0 Å². The fourth-order valence-electron chi connectivity index (χ4n) is 1.98. The fraction of sp³-hybridized carbons (Fsp3) is 0.375. The number of esters is 1. The number of nitrogens with zero attached hydrogens (tertiary/aromatic N) is 1. The third-order valence-electron chi connectivity index (χ3n) is 3.21. The number of hydrogen-bond acceptors (Lipinski definition) is 4. The molecule has 0 spiro atoms. The van der Waals surface area contributed by atoms with Crippen molar-refractivity contribution in [1.29, 1.82) is 0 Å². The summed E-state index contributed by atoms with van der Waals surface area (Å²) in [6, 6.07) is 8.06. The predicted octanol–water partition coefficient (Wildman–Crippen LogP) is 3.45. The van der Waals surface area contributed by atoms with E-state index in [1.54, 1.807) is 0 Å². The molecule has 4 heteroatoms. The SMILES string of the molecule is COC(=O)CCCc1nc(-c2ccc(C)cc2)oc1C. The smallest absolute Gasteiger partial charge is 0.305 e. The third kappa shape index (κ3) is 3.47. The van der Waals surface area contributed by atoms with Gasteiger partial charge in [0.05, 0.1) is 12.8 Å². The summed E-state index contributed by atoms with van der Waals surface area (Å²) in [5.41, 5.74) is 3.08. The van der Waals surface area contributed by atoms with Crippen LogP contribution in [0.1, 0.15) is 29.9 Å². The Morgan fingerprint density at radius 1 is 1.25 bits per heavy atom. The molecule has 20 heavy (non-hydrogen) atoms. The van der Waals surface area contributed by atoms with Crippen LogP contribution in [0.5, 0.6) is 0 Å². The number of rotatable bonds is 5. The van der Waals surface area contributed by atoms with Crippen LogP contribution < -0.4 is 0 Å². The maximum atomic E-state index is 11.1. The summed E-state index contributed by atoms with van der Waals surface area (Å²) >= 11 is 0. The molecule has 2 aromatic rings. The lowest BCUT2D eigenvalue weighted by molar-refractivity contribution is -0.140. The molecule has 1 aromatic carbocycles. The van der Waals surface area contributed by atoms with Gasteiger partial charge in [-0.05, 0) is 38.8 Å². The molecule has 0 aliphatic heterocycles. The van der Waals surface area contributed by atoms with Crippen molar-refractivity contribution in [3.05, 3.63) is 41.3 Å². The maximum Gasteiger partial charge on any atom is 0.305 e. The van der Waals surface area contributed by atoms with Crippen molar-refractivity contribution in [2.24, 2.45) is 0 Å². The number of benzene rings is 1. The zero-order valence-electron chi connectivity index (χ0n) is 12.1. The Labute approximate surface area is 118 Å². The van der Waals surface area contributed by atoms with Gasteiger partial charge in [0.25, 0.3) is 0 Å². The molecule has 0 atom stereocenters. The minimum Gasteiger partial charge on any atom is -0.469 e. The number of carbonyl (C=O) groups excluding carboxylic acids is 1. The zero-order valence-corrected chi connectivity index (χ0v) is 12.1. The van der Waals surface area contributed by atoms with Crippen LogP contribution in [0.4, 0.5) is 0 Å². The highest BCUT2D eigenvalue weighted by molar-refractivity contribution is 5.69. The van der Waals surface area contributed by atoms with Crippen LogP contribution in [-0.4, -0.2) is 18.1 Å². The van der Waals surface area contributed by atoms with E-state index in [0.29, 0.717) is 18.7 Å². The molecule has 0 radical (unpaired) electrons. The number of aryl methyl sites for hydroxylation is 3. The van der Waals surface area contributed by atoms with Crippen LogP contribution >= 0.6 is 0 Å². The molecule has 0 fully saturated rings. The first-order chi connectivity index (χ1) is 9.60. The second-order valence-corrected chi connectivity index (χ2v) is 4.82. The first-order valence-corrected chi connectivity index (χ1v) is 6.70. The first kappa shape index (κ1) is 14.3. The van der Waals surface area contributed by atoms with Gasteiger partial charge in [-0.15, -0.1) is 0 Å². The number of oxazole rings is 1. The predicted molar refractivity (Wildman–Crippen MR) is 76.4 cm³/mol. The van der Waals surface area contributed by atoms with Gasteiger partial charge in [0.1, 0.15) is 5.76 Å². The second-order valence-electron chi connectivity index (χ2n) is 4.82. The molecule has 4 nitrogen and oxygen atoms in total. The Balaban J connectivity index is 2.05. The largest absolute Gasteiger partial charge is 0.469 e. The van der Waals surface area contributed by atoms with E-state index in [0.717, 1.165) is 23.4 Å². The monoisotopic (exact) mass is 273 g/mol. The van der Waals surface area contributed by atoms with E-state index >= 15 is 0 Å². The fourth-order valence-corrected chi connectivity index (χ4v) is 1.98. The summed E-state index contributed by atoms with van der Waals surface area (Å²) < 4.78 is 10.3. The highest BCUT2D eigenvalue weighted by Gasteiger charge is 2.11. The van der Waals surface area contributed by atoms with E-state index in [9.17, 15) is 4.79 Å². The molecule has 0 N–H and O–H groups in total. The molecule has 0 saturated heterocycles. The molecule has 0 unspecified atom stereocenters. The number of carbonyl (C=O) groups is 1. The lowest BCUT2D eigenvalue weighted by Crippen LogP contribution is -2.01. The normalized spacial score (nSPS) is 10.6. The van der Waals surface area contributed by atoms with Crippen LogP contribution in [0.15, 0.2) is 28.7 Å². The Morgan fingerprint density at radius 3 is 2.60 bits per heavy atom. The topological polar surface area (TPSA) is 52.3 Å². The summed E-state index contributed by atoms with van der Waals surface area (Å²) in [6.07, 6.45) is 1.84. The molecule has 1 heterocycles. The van der Waals surface area contributed by atoms with Gasteiger partial charge in [-0.1, -0.05) is 17.7 Å². The van der Waals surface area contributed by atoms with E-state index in [1.165, 1.54) is 12.7 Å². The molecule has 0 aliphatic rings. The van der Waals surface area contributed by atoms with Crippen LogP contribution in [0, 0.1) is 13.8 Å². The van der Waals surface area contributed by atoms with Gasteiger partial charge < -0.3 is 9.15 Å². The van der Waals surface area contributed by atoms with Crippen molar-refractivity contribution < 1.29 is 13.9 Å². The Hall–Kier alpha value is -2.10. The number of aromatic nitrogens is 1. The van der Waals surface area contributed by atoms with Gasteiger partial charge >= 0.3 is 5.97 Å². The molecule has 0 aliphatic carbocycles. The quantitative estimate of drug-likeness (QED) is 0.783. The van der Waals surface area contributed by atoms with Crippen LogP contribution in [0.25, 0.3) is 11.5 Å². The van der Waals surface area contributed by atoms with Crippen LogP contribution in [0.3, 0.4) is 0 Å². The van der Waals surface area contributed by atoms with Crippen molar-refractivity contribution in [1.82, 2.24) is 4.98 Å². The van der Waals surface area contributed by atoms with Gasteiger partial charge in [-0.2, -0.15) is 0 Å². The summed E-state index contributed by atoms with van der Waals surface area (Å²) in [7, 11) is 1.40. The van der Waals surface area contributed by atoms with Crippen molar-refractivity contribution >= 4 is 5.97 Å². The molecule has 0 bridgehead atoms. The Kier molecular flexibility index (Phi) is 4.56. The lowest BCUT2D eigenvalue weighted by Gasteiger charge is -1.97. The van der Waals surface area contributed by atoms with Gasteiger partial charge in [-0.25, -0.2) is 4.98 Å². The van der Waals surface area contributed by atoms with Crippen molar-refractivity contribution in [3.8, 4) is 11.5 Å². The molecule has 0 saturated carbocycles. The molecule has 1 aromatic heterocycles. The van der Waals surface area contributed by atoms with E-state index in [2.05, 4.69) is 9.72 Å². The highest BCUT2D eigenvalue weighted by Crippen LogP contribution is 2.23. The minimum absolute atomic E-state index is 0.190. The Morgan fingerprint density at radius 2 is 1.95 bits per heavy atom. The second kappa shape index (κ2) is 6.37. The zero-order chi connectivity index (χ0) is 14.5. The van der Waals surface area contributed by atoms with Gasteiger partial charge in [-0.3, -0.25) is 4.79 Å². The minimum atomic E-state index is -0.190. The summed E-state index contributed by atoms with van der Waals surface area (Å²) in [5, 5.41) is 0. The average Bonchev–Trinajstić information content (AvgIpc) is 2.81. The molecular weight excluding hydrogens is 254 g/mol. The molecular formula is C16H19NO3. The average molecular weight is 273 g/mol. The molecule has 0 amide bonds. The van der Waals surface area contributed by atoms with Gasteiger partial charge in [0.2, 0.25) is 5.89 Å². The van der Waals surface area contributed by atoms with E-state index in [-0.39, 0.29) is 5.97 Å². The van der Waals surface area contributed by atoms with Gasteiger partial charge in [0.15, 0.2) is 0 Å². The standard InChI is InChI=1S/C16H19NO3/c1-11-7-9-13(10-8-11)16-17-14(12(2)20-16)5-4-6-15(18)19-3/h7-10H,4-6H2,1-3H3. The maximum absolute atomic E-state index is 11.1. The highest BCUT2D eigenvalue weighted by atomic mass is 16.5. The summed E-state index contributed by atoms with van der Waals surface area (Å²) in [6.45, 7) is 3.95. The van der Waals surface area contributed by atoms with Crippen molar-refractivity contribution in [2.75, 3.05) is 7.11 Å². The number of hydrogen-bond donors (Lipinski definition) is 0. The van der Waals surface area contributed by atoms with E-state index in [4.69, 9.17) is 4.42 Å². The van der Waals surface area contributed by atoms with E-state index in [1.807, 2.05) is 38.1 Å². The lowest BCUT2D eigenvalue weighted by atomic mass is 10.1. The summed E-state index contributed by atoms with van der Waals surface area (Å²) in [4.78, 5) is 15.6. The molecule has 2 rings (SSSR count). The summed E-state index contributed by atoms with van der Waals surface area (Å²) in [5.74, 6) is 1.26. The van der Waals surface area contributed by atoms with Crippen LogP contribution in [-0.2, 0) is 16.0 Å². The van der Waals surface area contributed by atoms with Crippen LogP contribution in [0.2, 0.25) is 0 Å². The van der Waals surface area contributed by atoms with Gasteiger partial charge in [0, 0.05) is 12.0 Å². The number of methoxy groups -OCH3 is 1. The Bertz CT molecular complexity index is 584. The third-order valence-corrected chi connectivity index (χ3v) is 3.21. The first-order valence-electron chi connectivity index (χ1n) is 6.70. The van der Waals surface area contributed by atoms with E-state index < -0.39 is 0 Å². The molecule has 106 valence electrons. The van der Waals surface area contributed by atoms with Crippen molar-refractivity contribution in [2.45, 2.75) is 33.1 Å². The number of ether oxygens (including phenoxy) is 1.